The molecule has 0 aliphatic carbocycles. The number of nitrogens with two attached hydrogens (primary N) is 2. The molecule has 14 heteroatoms. The van der Waals surface area contributed by atoms with Crippen molar-refractivity contribution in [3.8, 4) is 0 Å². The van der Waals surface area contributed by atoms with Gasteiger partial charge in [0.15, 0.2) is 0 Å². The highest BCUT2D eigenvalue weighted by molar-refractivity contribution is 5.95. The van der Waals surface area contributed by atoms with E-state index in [1.54, 1.807) is 20.0 Å². The van der Waals surface area contributed by atoms with E-state index in [9.17, 15) is 33.9 Å². The van der Waals surface area contributed by atoms with Crippen molar-refractivity contribution in [3.63, 3.8) is 0 Å². The van der Waals surface area contributed by atoms with E-state index in [0.717, 1.165) is 10.9 Å². The quantitative estimate of drug-likeness (QED) is 0.136. The number of carbonyl (C=O) groups excluding carboxylic acids is 4. The van der Waals surface area contributed by atoms with Gasteiger partial charge in [-0.1, -0.05) is 32.0 Å². The van der Waals surface area contributed by atoms with Gasteiger partial charge in [-0.15, -0.1) is 0 Å². The van der Waals surface area contributed by atoms with Crippen LogP contribution in [0.1, 0.15) is 38.7 Å². The number of aromatic amines is 1. The minimum Gasteiger partial charge on any atom is -0.481 e. The van der Waals surface area contributed by atoms with Crippen LogP contribution in [0.2, 0.25) is 0 Å². The summed E-state index contributed by atoms with van der Waals surface area (Å²) in [5.41, 5.74) is 12.5. The van der Waals surface area contributed by atoms with Gasteiger partial charge < -0.3 is 42.6 Å². The van der Waals surface area contributed by atoms with Gasteiger partial charge >= 0.3 is 11.9 Å². The zero-order valence-electron chi connectivity index (χ0n) is 21.6. The summed E-state index contributed by atoms with van der Waals surface area (Å²) < 4.78 is 0. The third-order valence-corrected chi connectivity index (χ3v) is 6.01. The van der Waals surface area contributed by atoms with Crippen LogP contribution in [-0.2, 0) is 35.2 Å². The number of benzene rings is 1. The van der Waals surface area contributed by atoms with Crippen LogP contribution < -0.4 is 27.4 Å². The first-order valence-corrected chi connectivity index (χ1v) is 12.2. The summed E-state index contributed by atoms with van der Waals surface area (Å²) >= 11 is 0. The minimum atomic E-state index is -1.71. The maximum absolute atomic E-state index is 13.4. The molecule has 0 aliphatic rings. The van der Waals surface area contributed by atoms with Gasteiger partial charge in [-0.25, -0.2) is 4.79 Å². The molecule has 0 fully saturated rings. The number of H-pyrrole nitrogens is 1. The largest absolute Gasteiger partial charge is 0.481 e. The molecule has 4 unspecified atom stereocenters. The number of carboxylic acids is 2. The Kier molecular flexibility index (Phi) is 11.0. The van der Waals surface area contributed by atoms with E-state index in [0.29, 0.717) is 5.56 Å². The Morgan fingerprint density at radius 3 is 2.15 bits per heavy atom. The first-order valence-electron chi connectivity index (χ1n) is 12.2. The predicted octanol–water partition coefficient (Wildman–Crippen LogP) is -1.03. The van der Waals surface area contributed by atoms with E-state index in [4.69, 9.17) is 16.6 Å². The molecule has 1 aromatic carbocycles. The van der Waals surface area contributed by atoms with Crippen molar-refractivity contribution in [2.75, 3.05) is 0 Å². The predicted molar refractivity (Wildman–Crippen MR) is 139 cm³/mol. The third kappa shape index (κ3) is 9.10. The molecule has 1 aromatic heterocycles. The number of aromatic nitrogens is 1. The average Bonchev–Trinajstić information content (AvgIpc) is 3.26. The molecule has 0 bridgehead atoms. The summed E-state index contributed by atoms with van der Waals surface area (Å²) in [6.45, 7) is 3.20. The highest BCUT2D eigenvalue weighted by Crippen LogP contribution is 2.19. The zero-order valence-corrected chi connectivity index (χ0v) is 21.6. The van der Waals surface area contributed by atoms with Gasteiger partial charge in [0.05, 0.1) is 12.5 Å². The van der Waals surface area contributed by atoms with Crippen molar-refractivity contribution in [2.45, 2.75) is 63.7 Å². The Balaban J connectivity index is 2.28. The number of fused-ring (bicyclic) bond motifs is 1. The molecule has 2 rings (SSSR count). The maximum Gasteiger partial charge on any atom is 0.326 e. The van der Waals surface area contributed by atoms with Crippen LogP contribution in [0, 0.1) is 5.92 Å². The Bertz CT molecular complexity index is 1230. The number of amides is 4. The molecule has 0 saturated heterocycles. The lowest BCUT2D eigenvalue weighted by Gasteiger charge is -2.27. The van der Waals surface area contributed by atoms with Crippen LogP contribution in [0.25, 0.3) is 10.9 Å². The molecular weight excluding hydrogens is 512 g/mol. The topological polar surface area (TPSA) is 247 Å². The van der Waals surface area contributed by atoms with Crippen LogP contribution in [0.15, 0.2) is 30.5 Å². The number of hydrogen-bond donors (Lipinski definition) is 8. The second-order valence-electron chi connectivity index (χ2n) is 9.46. The molecule has 39 heavy (non-hydrogen) atoms. The number of aliphatic carboxylic acids is 2. The van der Waals surface area contributed by atoms with E-state index >= 15 is 0 Å². The van der Waals surface area contributed by atoms with Gasteiger partial charge in [0.25, 0.3) is 0 Å². The van der Waals surface area contributed by atoms with E-state index in [1.807, 2.05) is 24.3 Å². The first-order chi connectivity index (χ1) is 18.3. The number of carbonyl (C=O) groups is 6. The van der Waals surface area contributed by atoms with E-state index in [1.165, 1.54) is 0 Å². The van der Waals surface area contributed by atoms with Crippen molar-refractivity contribution < 1.29 is 39.0 Å². The highest BCUT2D eigenvalue weighted by Gasteiger charge is 2.33. The van der Waals surface area contributed by atoms with Gasteiger partial charge in [0.2, 0.25) is 23.6 Å². The molecule has 10 N–H and O–H groups in total. The lowest BCUT2D eigenvalue weighted by atomic mass is 9.99. The van der Waals surface area contributed by atoms with Crippen LogP contribution >= 0.6 is 0 Å². The maximum atomic E-state index is 13.4. The molecule has 4 amide bonds. The monoisotopic (exact) mass is 546 g/mol. The fraction of sp³-hybridized carbons (Fsp3) is 0.440. The Morgan fingerprint density at radius 2 is 1.56 bits per heavy atom. The number of rotatable bonds is 15. The van der Waals surface area contributed by atoms with Gasteiger partial charge in [0.1, 0.15) is 18.1 Å². The molecule has 0 radical (unpaired) electrons. The Hall–Kier alpha value is -4.46. The molecular formula is C25H34N6O8. The minimum absolute atomic E-state index is 0.00727. The molecule has 0 saturated carbocycles. The molecule has 14 nitrogen and oxygen atoms in total. The molecule has 212 valence electrons. The average molecular weight is 547 g/mol. The second kappa shape index (κ2) is 13.9. The zero-order chi connectivity index (χ0) is 29.3. The summed E-state index contributed by atoms with van der Waals surface area (Å²) in [6.07, 6.45) is 0.653. The van der Waals surface area contributed by atoms with Crippen molar-refractivity contribution in [1.29, 1.82) is 0 Å². The van der Waals surface area contributed by atoms with Crippen LogP contribution in [0.3, 0.4) is 0 Å². The molecule has 1 heterocycles. The van der Waals surface area contributed by atoms with Gasteiger partial charge in [0, 0.05) is 29.9 Å². The smallest absolute Gasteiger partial charge is 0.326 e. The molecule has 0 spiro atoms. The molecule has 0 aliphatic heterocycles. The number of nitrogens with one attached hydrogen (secondary N) is 4. The summed E-state index contributed by atoms with van der Waals surface area (Å²) in [6, 6.07) is 2.00. The standard InChI is InChI=1S/C25H34N6O8/c1-12(2)21(24(37)30-18(25(38)39)10-20(33)34)31-23(36)17(29-22(35)15(26)7-8-19(27)32)9-13-11-28-16-6-4-3-5-14(13)16/h3-6,11-12,15,17-18,21,28H,7-10,26H2,1-2H3,(H2,27,32)(H,29,35)(H,30,37)(H,31,36)(H,33,34)(H,38,39). The van der Waals surface area contributed by atoms with E-state index < -0.39 is 72.1 Å². The second-order valence-corrected chi connectivity index (χ2v) is 9.46. The number of para-hydroxylation sites is 1. The lowest BCUT2D eigenvalue weighted by Crippen LogP contribution is -2.59. The number of hydrogen-bond acceptors (Lipinski definition) is 7. The Morgan fingerprint density at radius 1 is 0.923 bits per heavy atom. The van der Waals surface area contributed by atoms with Crippen LogP contribution in [0.4, 0.5) is 0 Å². The number of primary amides is 1. The van der Waals surface area contributed by atoms with Crippen molar-refractivity contribution >= 4 is 46.5 Å². The SMILES string of the molecule is CC(C)C(NC(=O)C(Cc1c[nH]c2ccccc12)NC(=O)C(N)CCC(N)=O)C(=O)NC(CC(=O)O)C(=O)O. The van der Waals surface area contributed by atoms with Gasteiger partial charge in [-0.2, -0.15) is 0 Å². The third-order valence-electron chi connectivity index (χ3n) is 6.01. The van der Waals surface area contributed by atoms with E-state index in [2.05, 4.69) is 20.9 Å². The van der Waals surface area contributed by atoms with Gasteiger partial charge in [-0.3, -0.25) is 24.0 Å². The summed E-state index contributed by atoms with van der Waals surface area (Å²) in [7, 11) is 0. The molecule has 4 atom stereocenters. The number of carboxylic acid groups (broad SMARTS) is 2. The summed E-state index contributed by atoms with van der Waals surface area (Å²) in [5.74, 6) is -6.52. The van der Waals surface area contributed by atoms with Gasteiger partial charge in [-0.05, 0) is 24.0 Å². The fourth-order valence-corrected chi connectivity index (χ4v) is 3.86. The van der Waals surface area contributed by atoms with Crippen molar-refractivity contribution in [1.82, 2.24) is 20.9 Å². The Labute approximate surface area is 223 Å². The fourth-order valence-electron chi connectivity index (χ4n) is 3.86. The highest BCUT2D eigenvalue weighted by atomic mass is 16.4. The normalized spacial score (nSPS) is 14.2. The van der Waals surface area contributed by atoms with Crippen LogP contribution in [-0.4, -0.2) is 74.9 Å². The lowest BCUT2D eigenvalue weighted by molar-refractivity contribution is -0.147. The summed E-state index contributed by atoms with van der Waals surface area (Å²) in [4.78, 5) is 75.6. The summed E-state index contributed by atoms with van der Waals surface area (Å²) in [5, 5.41) is 26.3. The first kappa shape index (κ1) is 30.8. The van der Waals surface area contributed by atoms with Crippen LogP contribution in [0.5, 0.6) is 0 Å². The van der Waals surface area contributed by atoms with Crippen molar-refractivity contribution in [3.05, 3.63) is 36.0 Å². The van der Waals surface area contributed by atoms with Crippen molar-refractivity contribution in [2.24, 2.45) is 17.4 Å². The van der Waals surface area contributed by atoms with E-state index in [-0.39, 0.29) is 19.3 Å². The molecule has 2 aromatic rings.